The molecule has 0 saturated carbocycles. The fourth-order valence-corrected chi connectivity index (χ4v) is 3.90. The van der Waals surface area contributed by atoms with Crippen molar-refractivity contribution in [2.75, 3.05) is 7.11 Å². The highest BCUT2D eigenvalue weighted by atomic mass is 19.4. The fourth-order valence-electron chi connectivity index (χ4n) is 3.90. The zero-order valence-electron chi connectivity index (χ0n) is 19.8. The van der Waals surface area contributed by atoms with Gasteiger partial charge in [-0.15, -0.1) is 0 Å². The van der Waals surface area contributed by atoms with Gasteiger partial charge in [-0.1, -0.05) is 18.2 Å². The Kier molecular flexibility index (Phi) is 7.38. The number of halogens is 3. The molecule has 0 unspecified atom stereocenters. The summed E-state index contributed by atoms with van der Waals surface area (Å²) < 4.78 is 44.2. The Bertz CT molecular complexity index is 1520. The number of nitrogens with zero attached hydrogens (tertiary/aromatic N) is 2. The van der Waals surface area contributed by atoms with Gasteiger partial charge < -0.3 is 15.2 Å². The first-order chi connectivity index (χ1) is 18.1. The van der Waals surface area contributed by atoms with Gasteiger partial charge in [-0.25, -0.2) is 14.6 Å². The van der Waals surface area contributed by atoms with E-state index in [2.05, 4.69) is 15.3 Å². The number of carboxylic acid groups (broad SMARTS) is 1. The first-order valence-corrected chi connectivity index (χ1v) is 11.2. The van der Waals surface area contributed by atoms with Crippen molar-refractivity contribution in [3.8, 4) is 11.1 Å². The molecule has 38 heavy (non-hydrogen) atoms. The number of pyridine rings is 2. The molecule has 2 N–H and O–H groups in total. The second-order valence-electron chi connectivity index (χ2n) is 8.28. The van der Waals surface area contributed by atoms with Gasteiger partial charge in [-0.05, 0) is 59.2 Å². The first kappa shape index (κ1) is 26.3. The average Bonchev–Trinajstić information content (AvgIpc) is 2.91. The predicted molar refractivity (Wildman–Crippen MR) is 130 cm³/mol. The van der Waals surface area contributed by atoms with E-state index in [-0.39, 0.29) is 34.1 Å². The molecule has 2 aromatic carbocycles. The number of benzene rings is 2. The van der Waals surface area contributed by atoms with Crippen LogP contribution >= 0.6 is 0 Å². The highest BCUT2D eigenvalue weighted by Gasteiger charge is 2.30. The van der Waals surface area contributed by atoms with Crippen LogP contribution in [0.5, 0.6) is 0 Å². The standard InChI is InChI=1S/C27H20F3N3O5/c1-38-26(37)23(11-15-7-9-31-10-8-15)33-24(34)22-14-20(25(35)36)19-13-17(5-6-21(19)32-22)16-3-2-4-18(12-16)27(28,29)30/h2-10,12-14,23H,11H2,1H3,(H,33,34)(H,35,36)/t23-/m0/s1. The van der Waals surface area contributed by atoms with E-state index in [0.717, 1.165) is 18.2 Å². The van der Waals surface area contributed by atoms with Crippen LogP contribution in [0.4, 0.5) is 13.2 Å². The van der Waals surface area contributed by atoms with Gasteiger partial charge in [0.1, 0.15) is 11.7 Å². The highest BCUT2D eigenvalue weighted by molar-refractivity contribution is 6.07. The van der Waals surface area contributed by atoms with Gasteiger partial charge in [0.2, 0.25) is 0 Å². The molecule has 1 atom stereocenters. The molecule has 0 aliphatic rings. The molecule has 0 aliphatic carbocycles. The summed E-state index contributed by atoms with van der Waals surface area (Å²) in [7, 11) is 1.17. The third-order valence-electron chi connectivity index (χ3n) is 5.78. The molecule has 2 aromatic heterocycles. The summed E-state index contributed by atoms with van der Waals surface area (Å²) in [6.45, 7) is 0. The molecule has 0 fully saturated rings. The van der Waals surface area contributed by atoms with Crippen molar-refractivity contribution < 1.29 is 37.4 Å². The monoisotopic (exact) mass is 523 g/mol. The third-order valence-corrected chi connectivity index (χ3v) is 5.78. The molecular weight excluding hydrogens is 503 g/mol. The van der Waals surface area contributed by atoms with Gasteiger partial charge in [0.25, 0.3) is 5.91 Å². The van der Waals surface area contributed by atoms with Crippen LogP contribution in [-0.2, 0) is 22.1 Å². The van der Waals surface area contributed by atoms with Crippen LogP contribution in [0.15, 0.2) is 73.1 Å². The van der Waals surface area contributed by atoms with Crippen molar-refractivity contribution in [1.29, 1.82) is 0 Å². The summed E-state index contributed by atoms with van der Waals surface area (Å²) >= 11 is 0. The van der Waals surface area contributed by atoms with Crippen molar-refractivity contribution in [3.63, 3.8) is 0 Å². The molecule has 0 spiro atoms. The van der Waals surface area contributed by atoms with Crippen LogP contribution in [0.3, 0.4) is 0 Å². The number of rotatable bonds is 7. The number of carbonyl (C=O) groups excluding carboxylic acids is 2. The molecule has 0 aliphatic heterocycles. The molecule has 194 valence electrons. The Morgan fingerprint density at radius 2 is 1.71 bits per heavy atom. The lowest BCUT2D eigenvalue weighted by Gasteiger charge is -2.17. The molecule has 0 saturated heterocycles. The smallest absolute Gasteiger partial charge is 0.416 e. The molecule has 0 bridgehead atoms. The van der Waals surface area contributed by atoms with E-state index in [1.54, 1.807) is 12.1 Å². The van der Waals surface area contributed by atoms with Gasteiger partial charge in [-0.2, -0.15) is 13.2 Å². The zero-order valence-corrected chi connectivity index (χ0v) is 19.8. The average molecular weight is 523 g/mol. The van der Waals surface area contributed by atoms with Crippen LogP contribution in [0.2, 0.25) is 0 Å². The summed E-state index contributed by atoms with van der Waals surface area (Å²) in [5.41, 5.74) is 0.0314. The normalized spacial score (nSPS) is 12.1. The number of alkyl halides is 3. The number of amides is 1. The van der Waals surface area contributed by atoms with Crippen molar-refractivity contribution in [2.24, 2.45) is 0 Å². The zero-order chi connectivity index (χ0) is 27.4. The van der Waals surface area contributed by atoms with E-state index >= 15 is 0 Å². The molecular formula is C27H20F3N3O5. The van der Waals surface area contributed by atoms with Crippen molar-refractivity contribution in [1.82, 2.24) is 15.3 Å². The Morgan fingerprint density at radius 1 is 1.00 bits per heavy atom. The van der Waals surface area contributed by atoms with Crippen LogP contribution < -0.4 is 5.32 Å². The number of hydrogen-bond donors (Lipinski definition) is 2. The summed E-state index contributed by atoms with van der Waals surface area (Å²) in [4.78, 5) is 45.5. The lowest BCUT2D eigenvalue weighted by Crippen LogP contribution is -2.43. The molecule has 1 amide bonds. The third kappa shape index (κ3) is 5.77. The first-order valence-electron chi connectivity index (χ1n) is 11.2. The lowest BCUT2D eigenvalue weighted by molar-refractivity contribution is -0.143. The molecule has 11 heteroatoms. The van der Waals surface area contributed by atoms with Crippen molar-refractivity contribution in [2.45, 2.75) is 18.6 Å². The Morgan fingerprint density at radius 3 is 2.37 bits per heavy atom. The Balaban J connectivity index is 1.69. The summed E-state index contributed by atoms with van der Waals surface area (Å²) in [5, 5.41) is 12.5. The Hall–Kier alpha value is -4.80. The number of fused-ring (bicyclic) bond motifs is 1. The number of aromatic carboxylic acids is 1. The van der Waals surface area contributed by atoms with E-state index in [1.807, 2.05) is 0 Å². The van der Waals surface area contributed by atoms with Crippen molar-refractivity contribution >= 4 is 28.7 Å². The predicted octanol–water partition coefficient (Wildman–Crippen LogP) is 4.53. The second-order valence-corrected chi connectivity index (χ2v) is 8.28. The maximum absolute atomic E-state index is 13.2. The summed E-state index contributed by atoms with van der Waals surface area (Å²) in [6, 6.07) is 12.3. The number of methoxy groups -OCH3 is 1. The largest absolute Gasteiger partial charge is 0.478 e. The van der Waals surface area contributed by atoms with Crippen molar-refractivity contribution in [3.05, 3.63) is 95.4 Å². The van der Waals surface area contributed by atoms with E-state index in [9.17, 15) is 32.7 Å². The minimum atomic E-state index is -4.54. The van der Waals surface area contributed by atoms with E-state index in [4.69, 9.17) is 4.74 Å². The molecule has 4 aromatic rings. The molecule has 0 radical (unpaired) electrons. The van der Waals surface area contributed by atoms with Gasteiger partial charge in [0, 0.05) is 24.2 Å². The number of nitrogens with one attached hydrogen (secondary N) is 1. The van der Waals surface area contributed by atoms with Gasteiger partial charge >= 0.3 is 18.1 Å². The van der Waals surface area contributed by atoms with Gasteiger partial charge in [0.15, 0.2) is 0 Å². The number of carboxylic acids is 1. The summed E-state index contributed by atoms with van der Waals surface area (Å²) in [6.07, 6.45) is -1.38. The lowest BCUT2D eigenvalue weighted by atomic mass is 9.98. The number of ether oxygens (including phenoxy) is 1. The maximum atomic E-state index is 13.2. The van der Waals surface area contributed by atoms with Crippen LogP contribution in [0.25, 0.3) is 22.0 Å². The van der Waals surface area contributed by atoms with E-state index in [0.29, 0.717) is 11.1 Å². The highest BCUT2D eigenvalue weighted by Crippen LogP contribution is 2.33. The van der Waals surface area contributed by atoms with Gasteiger partial charge in [0.05, 0.1) is 23.8 Å². The van der Waals surface area contributed by atoms with Gasteiger partial charge in [-0.3, -0.25) is 9.78 Å². The number of aromatic nitrogens is 2. The molecule has 8 nitrogen and oxygen atoms in total. The SMILES string of the molecule is COC(=O)[C@H](Cc1ccncc1)NC(=O)c1cc(C(=O)O)c2cc(-c3cccc(C(F)(F)F)c3)ccc2n1. The van der Waals surface area contributed by atoms with Crippen LogP contribution in [0.1, 0.15) is 32.0 Å². The molecule has 4 rings (SSSR count). The number of carbonyl (C=O) groups is 3. The van der Waals surface area contributed by atoms with E-state index < -0.39 is 35.6 Å². The fraction of sp³-hybridized carbons (Fsp3) is 0.148. The molecule has 2 heterocycles. The Labute approximate surface area is 214 Å². The quantitative estimate of drug-likeness (QED) is 0.342. The van der Waals surface area contributed by atoms with Crippen LogP contribution in [-0.4, -0.2) is 46.1 Å². The van der Waals surface area contributed by atoms with Crippen LogP contribution in [0, 0.1) is 0 Å². The van der Waals surface area contributed by atoms with E-state index in [1.165, 1.54) is 49.8 Å². The second kappa shape index (κ2) is 10.7. The topological polar surface area (TPSA) is 118 Å². The minimum absolute atomic E-state index is 0.0979. The minimum Gasteiger partial charge on any atom is -0.478 e. The summed E-state index contributed by atoms with van der Waals surface area (Å²) in [5.74, 6) is -2.88. The number of hydrogen-bond acceptors (Lipinski definition) is 6. The number of esters is 1. The maximum Gasteiger partial charge on any atom is 0.416 e.